The molecule has 0 amide bonds. The smallest absolute Gasteiger partial charge is 0.0482 e. The fourth-order valence-corrected chi connectivity index (χ4v) is 2.09. The number of benzene rings is 1. The van der Waals surface area contributed by atoms with Gasteiger partial charge in [-0.15, -0.1) is 6.58 Å². The number of nitrogens with two attached hydrogens (primary N) is 1. The number of hydrogen-bond donors (Lipinski definition) is 1. The average Bonchev–Trinajstić information content (AvgIpc) is 2.68. The van der Waals surface area contributed by atoms with Gasteiger partial charge in [-0.25, -0.2) is 0 Å². The average molecular weight is 214 g/mol. The zero-order valence-corrected chi connectivity index (χ0v) is 9.52. The molecule has 1 heterocycles. The summed E-state index contributed by atoms with van der Waals surface area (Å²) in [6.45, 7) is 5.37. The first-order chi connectivity index (χ1) is 7.86. The van der Waals surface area contributed by atoms with Gasteiger partial charge in [0.2, 0.25) is 0 Å². The number of hydrogen-bond acceptors (Lipinski definition) is 1. The van der Waals surface area contributed by atoms with Gasteiger partial charge >= 0.3 is 0 Å². The first-order valence-electron chi connectivity index (χ1n) is 5.75. The molecule has 2 nitrogen and oxygen atoms in total. The van der Waals surface area contributed by atoms with Crippen molar-refractivity contribution >= 4 is 10.9 Å². The largest absolute Gasteiger partial charge is 0.343 e. The van der Waals surface area contributed by atoms with E-state index in [0.29, 0.717) is 6.54 Å². The van der Waals surface area contributed by atoms with Crippen molar-refractivity contribution in [3.63, 3.8) is 0 Å². The number of aryl methyl sites for hydroxylation is 1. The minimum atomic E-state index is 0.600. The Morgan fingerprint density at radius 2 is 2.12 bits per heavy atom. The van der Waals surface area contributed by atoms with E-state index in [0.717, 1.165) is 19.4 Å². The molecule has 2 heteroatoms. The third kappa shape index (κ3) is 2.02. The van der Waals surface area contributed by atoms with Gasteiger partial charge in [0.1, 0.15) is 0 Å². The van der Waals surface area contributed by atoms with Crippen LogP contribution >= 0.6 is 0 Å². The van der Waals surface area contributed by atoms with Crippen LogP contribution in [-0.2, 0) is 13.1 Å². The van der Waals surface area contributed by atoms with Crippen molar-refractivity contribution in [2.75, 3.05) is 0 Å². The minimum Gasteiger partial charge on any atom is -0.343 e. The zero-order valence-electron chi connectivity index (χ0n) is 9.52. The maximum atomic E-state index is 5.78. The molecule has 1 aromatic carbocycles. The monoisotopic (exact) mass is 214 g/mol. The van der Waals surface area contributed by atoms with Crippen molar-refractivity contribution in [1.82, 2.24) is 4.57 Å². The lowest BCUT2D eigenvalue weighted by Crippen LogP contribution is -2.07. The molecule has 0 unspecified atom stereocenters. The Bertz CT molecular complexity index is 482. The fraction of sp³-hybridized carbons (Fsp3) is 0.286. The zero-order chi connectivity index (χ0) is 11.4. The number of fused-ring (bicyclic) bond motifs is 1. The molecule has 0 saturated carbocycles. The molecule has 0 spiro atoms. The summed E-state index contributed by atoms with van der Waals surface area (Å²) in [6.07, 6.45) is 4.14. The topological polar surface area (TPSA) is 30.9 Å². The Labute approximate surface area is 96.4 Å². The molecule has 2 rings (SSSR count). The first kappa shape index (κ1) is 11.0. The molecule has 0 aliphatic carbocycles. The Morgan fingerprint density at radius 3 is 2.88 bits per heavy atom. The Kier molecular flexibility index (Phi) is 3.42. The molecular formula is C14H18N2. The molecule has 16 heavy (non-hydrogen) atoms. The summed E-state index contributed by atoms with van der Waals surface area (Å²) in [4.78, 5) is 0. The predicted molar refractivity (Wildman–Crippen MR) is 69.3 cm³/mol. The number of aromatic nitrogens is 1. The van der Waals surface area contributed by atoms with Crippen LogP contribution in [0.5, 0.6) is 0 Å². The second-order valence-electron chi connectivity index (χ2n) is 3.98. The molecule has 0 atom stereocenters. The van der Waals surface area contributed by atoms with Crippen LogP contribution in [-0.4, -0.2) is 4.57 Å². The van der Waals surface area contributed by atoms with Gasteiger partial charge in [-0.2, -0.15) is 0 Å². The minimum absolute atomic E-state index is 0.600. The summed E-state index contributed by atoms with van der Waals surface area (Å²) >= 11 is 0. The predicted octanol–water partition coefficient (Wildman–Crippen LogP) is 3.07. The van der Waals surface area contributed by atoms with E-state index in [1.54, 1.807) is 0 Å². The molecule has 0 radical (unpaired) electrons. The second-order valence-corrected chi connectivity index (χ2v) is 3.98. The highest BCUT2D eigenvalue weighted by Gasteiger charge is 2.05. The molecule has 84 valence electrons. The van der Waals surface area contributed by atoms with E-state index in [2.05, 4.69) is 41.5 Å². The fourth-order valence-electron chi connectivity index (χ4n) is 2.09. The molecule has 2 N–H and O–H groups in total. The normalized spacial score (nSPS) is 10.8. The molecule has 0 aliphatic rings. The maximum absolute atomic E-state index is 5.78. The van der Waals surface area contributed by atoms with Gasteiger partial charge in [0, 0.05) is 24.3 Å². The Balaban J connectivity index is 2.35. The van der Waals surface area contributed by atoms with Crippen LogP contribution < -0.4 is 5.73 Å². The van der Waals surface area contributed by atoms with E-state index in [1.807, 2.05) is 6.08 Å². The molecule has 1 aromatic heterocycles. The highest BCUT2D eigenvalue weighted by molar-refractivity contribution is 5.81. The summed E-state index contributed by atoms with van der Waals surface area (Å²) in [7, 11) is 0. The van der Waals surface area contributed by atoms with E-state index in [4.69, 9.17) is 5.73 Å². The van der Waals surface area contributed by atoms with Gasteiger partial charge in [-0.1, -0.05) is 24.3 Å². The molecule has 0 fully saturated rings. The highest BCUT2D eigenvalue weighted by Crippen LogP contribution is 2.20. The van der Waals surface area contributed by atoms with Crippen molar-refractivity contribution in [3.05, 3.63) is 48.7 Å². The lowest BCUT2D eigenvalue weighted by Gasteiger charge is -2.08. The van der Waals surface area contributed by atoms with Gasteiger partial charge in [-0.3, -0.25) is 0 Å². The molecule has 0 bridgehead atoms. The summed E-state index contributed by atoms with van der Waals surface area (Å²) in [5.41, 5.74) is 8.28. The SMILES string of the molecule is C=CCCCn1c(CN)cc2ccccc21. The van der Waals surface area contributed by atoms with Crippen molar-refractivity contribution in [1.29, 1.82) is 0 Å². The molecular weight excluding hydrogens is 196 g/mol. The molecule has 2 aromatic rings. The van der Waals surface area contributed by atoms with Crippen molar-refractivity contribution in [2.24, 2.45) is 5.73 Å². The molecule has 0 aliphatic heterocycles. The quantitative estimate of drug-likeness (QED) is 0.602. The first-order valence-corrected chi connectivity index (χ1v) is 5.75. The second kappa shape index (κ2) is 4.99. The summed E-state index contributed by atoms with van der Waals surface area (Å²) in [6, 6.07) is 10.6. The standard InChI is InChI=1S/C14H18N2/c1-2-3-6-9-16-13(11-15)10-12-7-4-5-8-14(12)16/h2,4-5,7-8,10H,1,3,6,9,11,15H2. The Hall–Kier alpha value is -1.54. The Morgan fingerprint density at radius 1 is 1.31 bits per heavy atom. The van der Waals surface area contributed by atoms with Crippen LogP contribution in [0.4, 0.5) is 0 Å². The molecule has 0 saturated heterocycles. The number of para-hydroxylation sites is 1. The van der Waals surface area contributed by atoms with Crippen LogP contribution in [0.3, 0.4) is 0 Å². The van der Waals surface area contributed by atoms with E-state index in [-0.39, 0.29) is 0 Å². The van der Waals surface area contributed by atoms with Crippen LogP contribution in [0.25, 0.3) is 10.9 Å². The third-order valence-corrected chi connectivity index (χ3v) is 2.90. The van der Waals surface area contributed by atoms with E-state index in [9.17, 15) is 0 Å². The number of rotatable bonds is 5. The van der Waals surface area contributed by atoms with Crippen LogP contribution in [0.2, 0.25) is 0 Å². The maximum Gasteiger partial charge on any atom is 0.0482 e. The van der Waals surface area contributed by atoms with E-state index >= 15 is 0 Å². The van der Waals surface area contributed by atoms with Gasteiger partial charge in [0.15, 0.2) is 0 Å². The highest BCUT2D eigenvalue weighted by atomic mass is 15.0. The van der Waals surface area contributed by atoms with E-state index < -0.39 is 0 Å². The number of nitrogens with zero attached hydrogens (tertiary/aromatic N) is 1. The van der Waals surface area contributed by atoms with Crippen molar-refractivity contribution in [3.8, 4) is 0 Å². The van der Waals surface area contributed by atoms with E-state index in [1.165, 1.54) is 16.6 Å². The summed E-state index contributed by atoms with van der Waals surface area (Å²) < 4.78 is 2.32. The van der Waals surface area contributed by atoms with Gasteiger partial charge in [0.25, 0.3) is 0 Å². The summed E-state index contributed by atoms with van der Waals surface area (Å²) in [5.74, 6) is 0. The van der Waals surface area contributed by atoms with Crippen LogP contribution in [0.1, 0.15) is 18.5 Å². The summed E-state index contributed by atoms with van der Waals surface area (Å²) in [5, 5.41) is 1.28. The van der Waals surface area contributed by atoms with Crippen molar-refractivity contribution in [2.45, 2.75) is 25.9 Å². The van der Waals surface area contributed by atoms with Gasteiger partial charge < -0.3 is 10.3 Å². The van der Waals surface area contributed by atoms with Crippen LogP contribution in [0.15, 0.2) is 43.0 Å². The lowest BCUT2D eigenvalue weighted by atomic mass is 10.2. The number of unbranched alkanes of at least 4 members (excludes halogenated alkanes) is 1. The van der Waals surface area contributed by atoms with Crippen LogP contribution in [0, 0.1) is 0 Å². The van der Waals surface area contributed by atoms with Crippen molar-refractivity contribution < 1.29 is 0 Å². The lowest BCUT2D eigenvalue weighted by molar-refractivity contribution is 0.643. The number of allylic oxidation sites excluding steroid dienone is 1. The third-order valence-electron chi connectivity index (χ3n) is 2.90. The van der Waals surface area contributed by atoms with Gasteiger partial charge in [0.05, 0.1) is 0 Å². The van der Waals surface area contributed by atoms with Gasteiger partial charge in [-0.05, 0) is 30.4 Å².